The number of benzene rings is 2. The zero-order chi connectivity index (χ0) is 15.1. The summed E-state index contributed by atoms with van der Waals surface area (Å²) in [5.41, 5.74) is 2.67. The Labute approximate surface area is 128 Å². The monoisotopic (exact) mass is 283 g/mol. The highest BCUT2D eigenvalue weighted by atomic mass is 16.5. The summed E-state index contributed by atoms with van der Waals surface area (Å²) in [4.78, 5) is 0. The van der Waals surface area contributed by atoms with Gasteiger partial charge in [-0.2, -0.15) is 0 Å². The molecule has 0 saturated heterocycles. The van der Waals surface area contributed by atoms with Gasteiger partial charge in [0.25, 0.3) is 0 Å². The molecule has 2 nitrogen and oxygen atoms in total. The maximum Gasteiger partial charge on any atom is 0.118 e. The molecule has 0 fully saturated rings. The molecule has 2 aromatic carbocycles. The van der Waals surface area contributed by atoms with Gasteiger partial charge in [0.1, 0.15) is 5.75 Å². The summed E-state index contributed by atoms with van der Waals surface area (Å²) in [5.74, 6) is 0.906. The summed E-state index contributed by atoms with van der Waals surface area (Å²) in [6.45, 7) is 4.45. The predicted molar refractivity (Wildman–Crippen MR) is 88.6 cm³/mol. The lowest BCUT2D eigenvalue weighted by Crippen LogP contribution is -2.25. The predicted octanol–water partition coefficient (Wildman–Crippen LogP) is 4.89. The van der Waals surface area contributed by atoms with Crippen LogP contribution in [0.3, 0.4) is 0 Å². The molecular formula is C19H25NO. The Bertz CT molecular complexity index is 521. The molecule has 0 heterocycles. The molecular weight excluding hydrogens is 258 g/mol. The summed E-state index contributed by atoms with van der Waals surface area (Å²) in [7, 11) is 1.70. The van der Waals surface area contributed by atoms with E-state index in [1.54, 1.807) is 7.11 Å². The third-order valence-corrected chi connectivity index (χ3v) is 3.94. The van der Waals surface area contributed by atoms with Crippen LogP contribution in [0, 0.1) is 0 Å². The molecule has 0 saturated carbocycles. The van der Waals surface area contributed by atoms with Gasteiger partial charge in [0.05, 0.1) is 7.11 Å². The third kappa shape index (κ3) is 4.08. The van der Waals surface area contributed by atoms with Crippen LogP contribution in [0.2, 0.25) is 0 Å². The Hall–Kier alpha value is -1.80. The van der Waals surface area contributed by atoms with Crippen LogP contribution >= 0.6 is 0 Å². The normalized spacial score (nSPS) is 13.7. The van der Waals surface area contributed by atoms with Crippen molar-refractivity contribution in [3.8, 4) is 5.75 Å². The highest BCUT2D eigenvalue weighted by Crippen LogP contribution is 2.25. The molecule has 0 amide bonds. The van der Waals surface area contributed by atoms with Crippen LogP contribution in [0.4, 0.5) is 0 Å². The smallest absolute Gasteiger partial charge is 0.118 e. The van der Waals surface area contributed by atoms with E-state index in [0.29, 0.717) is 12.1 Å². The van der Waals surface area contributed by atoms with Crippen molar-refractivity contribution >= 4 is 0 Å². The Morgan fingerprint density at radius 2 is 1.33 bits per heavy atom. The van der Waals surface area contributed by atoms with Gasteiger partial charge in [-0.15, -0.1) is 0 Å². The Morgan fingerprint density at radius 1 is 0.810 bits per heavy atom. The van der Waals surface area contributed by atoms with Gasteiger partial charge in [0, 0.05) is 12.1 Å². The average Bonchev–Trinajstić information content (AvgIpc) is 2.57. The molecule has 0 aromatic heterocycles. The van der Waals surface area contributed by atoms with E-state index in [0.717, 1.165) is 18.6 Å². The largest absolute Gasteiger partial charge is 0.497 e. The second kappa shape index (κ2) is 7.84. The summed E-state index contributed by atoms with van der Waals surface area (Å²) >= 11 is 0. The number of hydrogen-bond donors (Lipinski definition) is 1. The summed E-state index contributed by atoms with van der Waals surface area (Å²) in [5, 5.41) is 3.78. The van der Waals surface area contributed by atoms with Gasteiger partial charge < -0.3 is 10.1 Å². The number of hydrogen-bond acceptors (Lipinski definition) is 2. The average molecular weight is 283 g/mol. The molecule has 0 bridgehead atoms. The van der Waals surface area contributed by atoms with Crippen molar-refractivity contribution in [3.63, 3.8) is 0 Å². The molecule has 2 unspecified atom stereocenters. The molecule has 2 rings (SSSR count). The van der Waals surface area contributed by atoms with Gasteiger partial charge in [-0.05, 0) is 36.1 Å². The van der Waals surface area contributed by atoms with Crippen molar-refractivity contribution < 1.29 is 4.74 Å². The maximum absolute atomic E-state index is 5.23. The first-order valence-corrected chi connectivity index (χ1v) is 7.73. The second-order valence-corrected chi connectivity index (χ2v) is 5.27. The molecule has 0 aliphatic carbocycles. The van der Waals surface area contributed by atoms with Crippen molar-refractivity contribution in [2.24, 2.45) is 0 Å². The van der Waals surface area contributed by atoms with E-state index in [-0.39, 0.29) is 0 Å². The van der Waals surface area contributed by atoms with Crippen LogP contribution in [0.5, 0.6) is 5.75 Å². The van der Waals surface area contributed by atoms with E-state index in [9.17, 15) is 0 Å². The molecule has 21 heavy (non-hydrogen) atoms. The zero-order valence-electron chi connectivity index (χ0n) is 13.2. The number of ether oxygens (including phenoxy) is 1. The Balaban J connectivity index is 2.13. The van der Waals surface area contributed by atoms with Crippen molar-refractivity contribution in [1.29, 1.82) is 0 Å². The molecule has 2 atom stereocenters. The van der Waals surface area contributed by atoms with Gasteiger partial charge >= 0.3 is 0 Å². The minimum Gasteiger partial charge on any atom is -0.497 e. The molecule has 0 spiro atoms. The van der Waals surface area contributed by atoms with Gasteiger partial charge in [0.2, 0.25) is 0 Å². The summed E-state index contributed by atoms with van der Waals surface area (Å²) in [6.07, 6.45) is 2.15. The first kappa shape index (κ1) is 15.6. The van der Waals surface area contributed by atoms with Crippen LogP contribution in [0.1, 0.15) is 49.9 Å². The minimum absolute atomic E-state index is 0.362. The molecule has 2 aromatic rings. The van der Waals surface area contributed by atoms with Crippen molar-refractivity contribution in [2.75, 3.05) is 7.11 Å². The van der Waals surface area contributed by atoms with Crippen LogP contribution < -0.4 is 10.1 Å². The van der Waals surface area contributed by atoms with E-state index >= 15 is 0 Å². The molecule has 1 N–H and O–H groups in total. The quantitative estimate of drug-likeness (QED) is 0.781. The molecule has 0 radical (unpaired) electrons. The summed E-state index contributed by atoms with van der Waals surface area (Å²) < 4.78 is 5.23. The first-order chi connectivity index (χ1) is 10.3. The fourth-order valence-corrected chi connectivity index (χ4v) is 2.66. The molecule has 0 aliphatic heterocycles. The van der Waals surface area contributed by atoms with Crippen LogP contribution in [0.15, 0.2) is 54.6 Å². The second-order valence-electron chi connectivity index (χ2n) is 5.27. The van der Waals surface area contributed by atoms with Gasteiger partial charge in [-0.3, -0.25) is 0 Å². The van der Waals surface area contributed by atoms with Gasteiger partial charge in [-0.25, -0.2) is 0 Å². The summed E-state index contributed by atoms with van der Waals surface area (Å²) in [6, 6.07) is 19.8. The number of rotatable bonds is 7. The third-order valence-electron chi connectivity index (χ3n) is 3.94. The lowest BCUT2D eigenvalue weighted by molar-refractivity contribution is 0.411. The molecule has 0 aliphatic rings. The van der Waals surface area contributed by atoms with E-state index in [1.165, 1.54) is 11.1 Å². The SMILES string of the molecule is CCC(NC(CC)c1ccc(OC)cc1)c1ccccc1. The van der Waals surface area contributed by atoms with Crippen molar-refractivity contribution in [3.05, 3.63) is 65.7 Å². The van der Waals surface area contributed by atoms with Crippen molar-refractivity contribution in [1.82, 2.24) is 5.32 Å². The van der Waals surface area contributed by atoms with Gasteiger partial charge in [-0.1, -0.05) is 56.3 Å². The number of nitrogens with one attached hydrogen (secondary N) is 1. The fourth-order valence-electron chi connectivity index (χ4n) is 2.66. The molecule has 2 heteroatoms. The van der Waals surface area contributed by atoms with E-state index in [2.05, 4.69) is 61.6 Å². The number of methoxy groups -OCH3 is 1. The maximum atomic E-state index is 5.23. The highest BCUT2D eigenvalue weighted by Gasteiger charge is 2.15. The fraction of sp³-hybridized carbons (Fsp3) is 0.368. The topological polar surface area (TPSA) is 21.3 Å². The molecule has 112 valence electrons. The Kier molecular flexibility index (Phi) is 5.82. The van der Waals surface area contributed by atoms with Crippen molar-refractivity contribution in [2.45, 2.75) is 38.8 Å². The van der Waals surface area contributed by atoms with E-state index in [4.69, 9.17) is 4.74 Å². The van der Waals surface area contributed by atoms with Crippen LogP contribution in [-0.2, 0) is 0 Å². The Morgan fingerprint density at radius 3 is 1.81 bits per heavy atom. The first-order valence-electron chi connectivity index (χ1n) is 7.73. The standard InChI is InChI=1S/C19H25NO/c1-4-18(15-9-7-6-8-10-15)20-19(5-2)16-11-13-17(21-3)14-12-16/h6-14,18-20H,4-5H2,1-3H3. The van der Waals surface area contributed by atoms with E-state index < -0.39 is 0 Å². The lowest BCUT2D eigenvalue weighted by Gasteiger charge is -2.25. The van der Waals surface area contributed by atoms with E-state index in [1.807, 2.05) is 12.1 Å². The van der Waals surface area contributed by atoms with Crippen LogP contribution in [-0.4, -0.2) is 7.11 Å². The lowest BCUT2D eigenvalue weighted by atomic mass is 9.99. The van der Waals surface area contributed by atoms with Gasteiger partial charge in [0.15, 0.2) is 0 Å². The highest BCUT2D eigenvalue weighted by molar-refractivity contribution is 5.29. The zero-order valence-corrected chi connectivity index (χ0v) is 13.2. The van der Waals surface area contributed by atoms with Crippen LogP contribution in [0.25, 0.3) is 0 Å². The minimum atomic E-state index is 0.362.